The zero-order valence-corrected chi connectivity index (χ0v) is 20.8. The highest BCUT2D eigenvalue weighted by atomic mass is 16.3. The van der Waals surface area contributed by atoms with E-state index in [1.54, 1.807) is 12.5 Å². The topological polar surface area (TPSA) is 57.0 Å². The third-order valence-electron chi connectivity index (χ3n) is 7.18. The minimum absolute atomic E-state index is 0.615. The fourth-order valence-electron chi connectivity index (χ4n) is 5.35. The molecule has 8 rings (SSSR count). The van der Waals surface area contributed by atoms with Crippen LogP contribution in [0.25, 0.3) is 72.6 Å². The molecule has 8 aromatic rings. The molecule has 184 valence electrons. The van der Waals surface area contributed by atoms with E-state index in [0.29, 0.717) is 5.89 Å². The number of benzene rings is 4. The normalized spacial score (nSPS) is 11.6. The molecular weight excluding hydrogens is 482 g/mol. The molecule has 0 fully saturated rings. The molecule has 0 saturated carbocycles. The van der Waals surface area contributed by atoms with E-state index in [4.69, 9.17) is 18.8 Å². The minimum atomic E-state index is 0.615. The first-order valence-electron chi connectivity index (χ1n) is 12.8. The van der Waals surface area contributed by atoms with Crippen LogP contribution >= 0.6 is 0 Å². The van der Waals surface area contributed by atoms with E-state index in [2.05, 4.69) is 71.3 Å². The van der Waals surface area contributed by atoms with Crippen molar-refractivity contribution >= 4 is 32.9 Å². The SMILES string of the molecule is c1cc(-c2cccc(-c3ccoc3)n2)cc(-n2c3ccccc3c3ccc(-c4nc5ccccc5o4)cc32)c1. The molecule has 0 saturated heterocycles. The van der Waals surface area contributed by atoms with Crippen LogP contribution in [0.15, 0.2) is 137 Å². The van der Waals surface area contributed by atoms with Crippen molar-refractivity contribution in [1.82, 2.24) is 14.5 Å². The standard InChI is InChI=1S/C34H21N3O2/c1-3-13-31-26(9-1)27-16-15-23(34-36-30-10-2-4-14-33(30)39-34)20-32(27)37(31)25-8-5-7-22(19-25)28-11-6-12-29(35-28)24-17-18-38-21-24/h1-21H. The summed E-state index contributed by atoms with van der Waals surface area (Å²) < 4.78 is 13.7. The van der Waals surface area contributed by atoms with Gasteiger partial charge in [0.05, 0.1) is 34.9 Å². The molecule has 0 aliphatic rings. The highest BCUT2D eigenvalue weighted by molar-refractivity contribution is 6.10. The highest BCUT2D eigenvalue weighted by Gasteiger charge is 2.16. The molecule has 0 radical (unpaired) electrons. The number of furan rings is 1. The van der Waals surface area contributed by atoms with Gasteiger partial charge in [-0.15, -0.1) is 0 Å². The van der Waals surface area contributed by atoms with Gasteiger partial charge >= 0.3 is 0 Å². The van der Waals surface area contributed by atoms with Crippen molar-refractivity contribution < 1.29 is 8.83 Å². The van der Waals surface area contributed by atoms with Gasteiger partial charge in [0, 0.05) is 33.2 Å². The van der Waals surface area contributed by atoms with Gasteiger partial charge in [0.25, 0.3) is 0 Å². The number of hydrogen-bond donors (Lipinski definition) is 0. The summed E-state index contributed by atoms with van der Waals surface area (Å²) in [7, 11) is 0. The fourth-order valence-corrected chi connectivity index (χ4v) is 5.35. The van der Waals surface area contributed by atoms with Crippen LogP contribution in [0.5, 0.6) is 0 Å². The zero-order valence-electron chi connectivity index (χ0n) is 20.8. The van der Waals surface area contributed by atoms with Crippen LogP contribution in [0.2, 0.25) is 0 Å². The van der Waals surface area contributed by atoms with Crippen LogP contribution in [0.1, 0.15) is 0 Å². The summed E-state index contributed by atoms with van der Waals surface area (Å²) in [6.45, 7) is 0. The Balaban J connectivity index is 1.31. The van der Waals surface area contributed by atoms with Crippen molar-refractivity contribution in [2.75, 3.05) is 0 Å². The number of fused-ring (bicyclic) bond motifs is 4. The number of aromatic nitrogens is 3. The van der Waals surface area contributed by atoms with Crippen LogP contribution in [0, 0.1) is 0 Å². The molecule has 5 heteroatoms. The third-order valence-corrected chi connectivity index (χ3v) is 7.18. The lowest BCUT2D eigenvalue weighted by Gasteiger charge is -2.11. The molecule has 0 unspecified atom stereocenters. The van der Waals surface area contributed by atoms with E-state index in [-0.39, 0.29) is 0 Å². The molecule has 0 N–H and O–H groups in total. The van der Waals surface area contributed by atoms with Crippen molar-refractivity contribution in [3.05, 3.63) is 128 Å². The van der Waals surface area contributed by atoms with Crippen molar-refractivity contribution in [2.45, 2.75) is 0 Å². The Labute approximate surface area is 223 Å². The molecule has 4 aromatic carbocycles. The molecule has 0 amide bonds. The van der Waals surface area contributed by atoms with E-state index in [1.165, 1.54) is 10.8 Å². The van der Waals surface area contributed by atoms with E-state index in [1.807, 2.05) is 48.5 Å². The van der Waals surface area contributed by atoms with Gasteiger partial charge < -0.3 is 13.4 Å². The summed E-state index contributed by atoms with van der Waals surface area (Å²) in [5, 5.41) is 2.37. The number of nitrogens with zero attached hydrogens (tertiary/aromatic N) is 3. The Bertz CT molecular complexity index is 2100. The van der Waals surface area contributed by atoms with Crippen molar-refractivity contribution in [3.8, 4) is 39.7 Å². The smallest absolute Gasteiger partial charge is 0.227 e. The lowest BCUT2D eigenvalue weighted by molar-refractivity contribution is 0.568. The fraction of sp³-hybridized carbons (Fsp3) is 0. The number of oxazole rings is 1. The number of rotatable bonds is 4. The van der Waals surface area contributed by atoms with Gasteiger partial charge in [-0.2, -0.15) is 0 Å². The quantitative estimate of drug-likeness (QED) is 0.241. The van der Waals surface area contributed by atoms with E-state index >= 15 is 0 Å². The van der Waals surface area contributed by atoms with Crippen LogP contribution in [0.3, 0.4) is 0 Å². The van der Waals surface area contributed by atoms with E-state index in [9.17, 15) is 0 Å². The number of hydrogen-bond acceptors (Lipinski definition) is 4. The summed E-state index contributed by atoms with van der Waals surface area (Å²) in [4.78, 5) is 9.66. The first-order valence-corrected chi connectivity index (χ1v) is 12.8. The summed E-state index contributed by atoms with van der Waals surface area (Å²) in [5.74, 6) is 0.615. The summed E-state index contributed by atoms with van der Waals surface area (Å²) >= 11 is 0. The van der Waals surface area contributed by atoms with Gasteiger partial charge in [-0.25, -0.2) is 9.97 Å². The maximum absolute atomic E-state index is 6.11. The molecule has 39 heavy (non-hydrogen) atoms. The maximum atomic E-state index is 6.11. The van der Waals surface area contributed by atoms with E-state index < -0.39 is 0 Å². The Morgan fingerprint density at radius 2 is 1.38 bits per heavy atom. The minimum Gasteiger partial charge on any atom is -0.472 e. The molecule has 4 heterocycles. The first kappa shape index (κ1) is 21.6. The van der Waals surface area contributed by atoms with Crippen molar-refractivity contribution in [1.29, 1.82) is 0 Å². The summed E-state index contributed by atoms with van der Waals surface area (Å²) in [5.41, 5.74) is 9.65. The Morgan fingerprint density at radius 1 is 0.564 bits per heavy atom. The molecule has 5 nitrogen and oxygen atoms in total. The Kier molecular flexibility index (Phi) is 4.76. The molecule has 0 aliphatic heterocycles. The van der Waals surface area contributed by atoms with Crippen LogP contribution in [0.4, 0.5) is 0 Å². The molecule has 0 aliphatic carbocycles. The molecule has 0 atom stereocenters. The van der Waals surface area contributed by atoms with E-state index in [0.717, 1.165) is 55.9 Å². The first-order chi connectivity index (χ1) is 19.3. The van der Waals surface area contributed by atoms with Crippen molar-refractivity contribution in [2.24, 2.45) is 0 Å². The van der Waals surface area contributed by atoms with Crippen LogP contribution in [-0.4, -0.2) is 14.5 Å². The van der Waals surface area contributed by atoms with Gasteiger partial charge in [-0.3, -0.25) is 0 Å². The van der Waals surface area contributed by atoms with Gasteiger partial charge in [0.1, 0.15) is 5.52 Å². The second kappa shape index (κ2) is 8.57. The van der Waals surface area contributed by atoms with Gasteiger partial charge in [0.2, 0.25) is 5.89 Å². The summed E-state index contributed by atoms with van der Waals surface area (Å²) in [6.07, 6.45) is 3.39. The Morgan fingerprint density at radius 3 is 2.28 bits per heavy atom. The summed E-state index contributed by atoms with van der Waals surface area (Å²) in [6, 6.07) is 39.3. The number of para-hydroxylation sites is 3. The predicted molar refractivity (Wildman–Crippen MR) is 155 cm³/mol. The lowest BCUT2D eigenvalue weighted by Crippen LogP contribution is -1.95. The average Bonchev–Trinajstić information content (AvgIpc) is 3.75. The average molecular weight is 504 g/mol. The monoisotopic (exact) mass is 503 g/mol. The van der Waals surface area contributed by atoms with Crippen molar-refractivity contribution in [3.63, 3.8) is 0 Å². The molecule has 0 spiro atoms. The Hall–Kier alpha value is -5.42. The predicted octanol–water partition coefficient (Wildman–Crippen LogP) is 8.91. The molecule has 0 bridgehead atoms. The molecule has 4 aromatic heterocycles. The maximum Gasteiger partial charge on any atom is 0.227 e. The largest absolute Gasteiger partial charge is 0.472 e. The molecular formula is C34H21N3O2. The second-order valence-corrected chi connectivity index (χ2v) is 9.54. The van der Waals surface area contributed by atoms with Gasteiger partial charge in [-0.05, 0) is 60.7 Å². The van der Waals surface area contributed by atoms with Gasteiger partial charge in [-0.1, -0.05) is 54.6 Å². The van der Waals surface area contributed by atoms with Gasteiger partial charge in [0.15, 0.2) is 5.58 Å². The third kappa shape index (κ3) is 3.55. The highest BCUT2D eigenvalue weighted by Crippen LogP contribution is 2.36. The van der Waals surface area contributed by atoms with Crippen LogP contribution < -0.4 is 0 Å². The second-order valence-electron chi connectivity index (χ2n) is 9.54. The van der Waals surface area contributed by atoms with Crippen LogP contribution in [-0.2, 0) is 0 Å². The lowest BCUT2D eigenvalue weighted by atomic mass is 10.1. The zero-order chi connectivity index (χ0) is 25.8. The number of pyridine rings is 1.